The fraction of sp³-hybridized carbons (Fsp3) is 0. The first kappa shape index (κ1) is 8.96. The molecule has 0 unspecified atom stereocenters. The largest absolute Gasteiger partial charge is 0.506 e. The van der Waals surface area contributed by atoms with E-state index in [-0.39, 0.29) is 5.75 Å². The van der Waals surface area contributed by atoms with Crippen molar-refractivity contribution in [3.8, 4) is 5.75 Å². The molecule has 0 amide bonds. The van der Waals surface area contributed by atoms with E-state index in [1.54, 1.807) is 12.1 Å². The molecule has 0 spiro atoms. The summed E-state index contributed by atoms with van der Waals surface area (Å²) >= 11 is 3.44. The van der Waals surface area contributed by atoms with Crippen molar-refractivity contribution < 1.29 is 9.90 Å². The molecule has 1 aromatic carbocycles. The molecule has 4 heteroatoms. The normalized spacial score (nSPS) is 10.5. The highest BCUT2D eigenvalue weighted by Crippen LogP contribution is 2.36. The Balaban J connectivity index is 2.91. The standard InChI is InChI=1S/C9H5IO2S/c10-8-5-2-1-3-6(12)9(5)13-7(8)4-11/h1-4,12H. The van der Waals surface area contributed by atoms with Crippen LogP contribution in [0, 0.1) is 3.57 Å². The van der Waals surface area contributed by atoms with E-state index in [0.717, 1.165) is 19.9 Å². The van der Waals surface area contributed by atoms with Gasteiger partial charge in [0, 0.05) is 8.96 Å². The molecule has 2 aromatic rings. The van der Waals surface area contributed by atoms with Gasteiger partial charge in [0.1, 0.15) is 5.75 Å². The smallest absolute Gasteiger partial charge is 0.161 e. The first-order valence-electron chi connectivity index (χ1n) is 3.59. The molecule has 0 fully saturated rings. The molecular formula is C9H5IO2S. The van der Waals surface area contributed by atoms with Crippen LogP contribution in [-0.4, -0.2) is 11.4 Å². The fourth-order valence-corrected chi connectivity index (χ4v) is 3.18. The lowest BCUT2D eigenvalue weighted by molar-refractivity contribution is 0.112. The third-order valence-electron chi connectivity index (χ3n) is 1.77. The average Bonchev–Trinajstić information content (AvgIpc) is 2.45. The van der Waals surface area contributed by atoms with E-state index in [4.69, 9.17) is 0 Å². The Labute approximate surface area is 92.3 Å². The van der Waals surface area contributed by atoms with E-state index in [9.17, 15) is 9.90 Å². The number of aromatic hydroxyl groups is 1. The van der Waals surface area contributed by atoms with Gasteiger partial charge in [0.05, 0.1) is 9.58 Å². The minimum absolute atomic E-state index is 0.244. The Bertz CT molecular complexity index is 476. The topological polar surface area (TPSA) is 37.3 Å². The number of phenolic OH excluding ortho intramolecular Hbond substituents is 1. The predicted octanol–water partition coefficient (Wildman–Crippen LogP) is 3.02. The lowest BCUT2D eigenvalue weighted by Crippen LogP contribution is -1.74. The minimum atomic E-state index is 0.244. The zero-order valence-electron chi connectivity index (χ0n) is 6.45. The van der Waals surface area contributed by atoms with Crippen LogP contribution in [-0.2, 0) is 0 Å². The lowest BCUT2D eigenvalue weighted by Gasteiger charge is -1.92. The lowest BCUT2D eigenvalue weighted by atomic mass is 10.2. The summed E-state index contributed by atoms with van der Waals surface area (Å²) in [6, 6.07) is 5.31. The van der Waals surface area contributed by atoms with Crippen LogP contribution in [0.2, 0.25) is 0 Å². The summed E-state index contributed by atoms with van der Waals surface area (Å²) in [5, 5.41) is 10.4. The third-order valence-corrected chi connectivity index (χ3v) is 4.45. The van der Waals surface area contributed by atoms with E-state index in [0.29, 0.717) is 4.88 Å². The Kier molecular flexibility index (Phi) is 2.25. The van der Waals surface area contributed by atoms with Gasteiger partial charge in [0.25, 0.3) is 0 Å². The quantitative estimate of drug-likeness (QED) is 0.649. The van der Waals surface area contributed by atoms with Crippen LogP contribution in [0.3, 0.4) is 0 Å². The van der Waals surface area contributed by atoms with Crippen molar-refractivity contribution in [2.75, 3.05) is 0 Å². The Hall–Kier alpha value is -0.620. The number of thiophene rings is 1. The van der Waals surface area contributed by atoms with Gasteiger partial charge in [-0.15, -0.1) is 11.3 Å². The number of carbonyl (C=O) groups excluding carboxylic acids is 1. The second-order valence-corrected chi connectivity index (χ2v) is 4.68. The highest BCUT2D eigenvalue weighted by atomic mass is 127. The third kappa shape index (κ3) is 1.34. The molecule has 0 aliphatic heterocycles. The minimum Gasteiger partial charge on any atom is -0.506 e. The molecule has 0 bridgehead atoms. The summed E-state index contributed by atoms with van der Waals surface area (Å²) in [6.07, 6.45) is 0.825. The van der Waals surface area contributed by atoms with Gasteiger partial charge < -0.3 is 5.11 Å². The van der Waals surface area contributed by atoms with Crippen LogP contribution in [0.15, 0.2) is 18.2 Å². The van der Waals surface area contributed by atoms with Gasteiger partial charge in [-0.3, -0.25) is 4.79 Å². The number of rotatable bonds is 1. The highest BCUT2D eigenvalue weighted by Gasteiger charge is 2.10. The predicted molar refractivity (Wildman–Crippen MR) is 61.6 cm³/mol. The SMILES string of the molecule is O=Cc1sc2c(O)cccc2c1I. The van der Waals surface area contributed by atoms with Crippen molar-refractivity contribution in [3.05, 3.63) is 26.6 Å². The van der Waals surface area contributed by atoms with Crippen molar-refractivity contribution in [3.63, 3.8) is 0 Å². The number of benzene rings is 1. The number of hydrogen-bond donors (Lipinski definition) is 1. The molecule has 1 heterocycles. The molecule has 13 heavy (non-hydrogen) atoms. The molecule has 0 atom stereocenters. The summed E-state index contributed by atoms with van der Waals surface area (Å²) in [5.41, 5.74) is 0. The molecule has 0 aliphatic rings. The van der Waals surface area contributed by atoms with Gasteiger partial charge in [-0.25, -0.2) is 0 Å². The second-order valence-electron chi connectivity index (χ2n) is 2.55. The fourth-order valence-electron chi connectivity index (χ4n) is 1.17. The number of hydrogen-bond acceptors (Lipinski definition) is 3. The van der Waals surface area contributed by atoms with Gasteiger partial charge in [0.15, 0.2) is 6.29 Å². The molecule has 0 saturated carbocycles. The van der Waals surface area contributed by atoms with Gasteiger partial charge in [-0.05, 0) is 28.7 Å². The maximum Gasteiger partial charge on any atom is 0.161 e. The zero-order valence-corrected chi connectivity index (χ0v) is 9.43. The van der Waals surface area contributed by atoms with Crippen LogP contribution in [0.25, 0.3) is 10.1 Å². The number of carbonyl (C=O) groups is 1. The van der Waals surface area contributed by atoms with Gasteiger partial charge in [-0.1, -0.05) is 12.1 Å². The number of phenols is 1. The van der Waals surface area contributed by atoms with E-state index < -0.39 is 0 Å². The molecule has 0 saturated heterocycles. The molecule has 0 aliphatic carbocycles. The van der Waals surface area contributed by atoms with E-state index >= 15 is 0 Å². The molecule has 1 aromatic heterocycles. The summed E-state index contributed by atoms with van der Waals surface area (Å²) < 4.78 is 1.71. The molecule has 66 valence electrons. The average molecular weight is 304 g/mol. The van der Waals surface area contributed by atoms with Crippen molar-refractivity contribution in [2.24, 2.45) is 0 Å². The number of fused-ring (bicyclic) bond motifs is 1. The second kappa shape index (κ2) is 3.26. The van der Waals surface area contributed by atoms with Crippen LogP contribution in [0.4, 0.5) is 0 Å². The zero-order chi connectivity index (χ0) is 9.42. The van der Waals surface area contributed by atoms with Crippen molar-refractivity contribution in [2.45, 2.75) is 0 Å². The molecule has 2 rings (SSSR count). The Morgan fingerprint density at radius 2 is 2.23 bits per heavy atom. The van der Waals surface area contributed by atoms with Crippen LogP contribution in [0.5, 0.6) is 5.75 Å². The summed E-state index contributed by atoms with van der Waals surface area (Å²) in [7, 11) is 0. The molecule has 0 radical (unpaired) electrons. The summed E-state index contributed by atoms with van der Waals surface area (Å²) in [5.74, 6) is 0.244. The monoisotopic (exact) mass is 304 g/mol. The summed E-state index contributed by atoms with van der Waals surface area (Å²) in [4.78, 5) is 11.3. The maximum atomic E-state index is 10.6. The van der Waals surface area contributed by atoms with Gasteiger partial charge in [-0.2, -0.15) is 0 Å². The molecular weight excluding hydrogens is 299 g/mol. The van der Waals surface area contributed by atoms with Crippen molar-refractivity contribution in [1.82, 2.24) is 0 Å². The Morgan fingerprint density at radius 3 is 2.85 bits per heavy atom. The van der Waals surface area contributed by atoms with E-state index in [1.807, 2.05) is 6.07 Å². The van der Waals surface area contributed by atoms with Gasteiger partial charge in [0.2, 0.25) is 0 Å². The highest BCUT2D eigenvalue weighted by molar-refractivity contribution is 14.1. The number of halogens is 1. The maximum absolute atomic E-state index is 10.6. The van der Waals surface area contributed by atoms with Crippen LogP contribution >= 0.6 is 33.9 Å². The van der Waals surface area contributed by atoms with Crippen LogP contribution < -0.4 is 0 Å². The summed E-state index contributed by atoms with van der Waals surface area (Å²) in [6.45, 7) is 0. The van der Waals surface area contributed by atoms with Gasteiger partial charge >= 0.3 is 0 Å². The molecule has 1 N–H and O–H groups in total. The van der Waals surface area contributed by atoms with E-state index in [2.05, 4.69) is 22.6 Å². The number of aldehydes is 1. The van der Waals surface area contributed by atoms with Crippen molar-refractivity contribution >= 4 is 50.3 Å². The first-order valence-corrected chi connectivity index (χ1v) is 5.48. The van der Waals surface area contributed by atoms with E-state index in [1.165, 1.54) is 11.3 Å². The Morgan fingerprint density at radius 1 is 1.46 bits per heavy atom. The van der Waals surface area contributed by atoms with Crippen LogP contribution in [0.1, 0.15) is 9.67 Å². The first-order chi connectivity index (χ1) is 6.24. The molecule has 2 nitrogen and oxygen atoms in total. The van der Waals surface area contributed by atoms with Crippen molar-refractivity contribution in [1.29, 1.82) is 0 Å².